The summed E-state index contributed by atoms with van der Waals surface area (Å²) < 4.78 is 5.34. The highest BCUT2D eigenvalue weighted by molar-refractivity contribution is 14.0. The third-order valence-corrected chi connectivity index (χ3v) is 4.32. The Morgan fingerprint density at radius 1 is 1.35 bits per heavy atom. The molecule has 1 fully saturated rings. The number of primary amides is 1. The van der Waals surface area contributed by atoms with E-state index in [2.05, 4.69) is 22.5 Å². The molecule has 130 valence electrons. The lowest BCUT2D eigenvalue weighted by Crippen LogP contribution is -2.44. The van der Waals surface area contributed by atoms with E-state index in [1.807, 2.05) is 0 Å². The Hall–Kier alpha value is -1.25. The number of guanidine groups is 1. The van der Waals surface area contributed by atoms with Crippen LogP contribution in [0.25, 0.3) is 0 Å². The number of hydrogen-bond acceptors (Lipinski definition) is 3. The van der Waals surface area contributed by atoms with Crippen LogP contribution >= 0.6 is 24.0 Å². The highest BCUT2D eigenvalue weighted by Gasteiger charge is 2.20. The van der Waals surface area contributed by atoms with Gasteiger partial charge in [0.2, 0.25) is 0 Å². The molecule has 23 heavy (non-hydrogen) atoms. The van der Waals surface area contributed by atoms with E-state index in [4.69, 9.17) is 10.2 Å². The molecule has 1 heterocycles. The summed E-state index contributed by atoms with van der Waals surface area (Å²) in [6.07, 6.45) is 6.22. The standard InChI is InChI=1S/C16H26N4O2.HI/c1-3-11-4-6-12(7-5-11)20-16(18-2)19-10-13-8-9-14(22-13)15(17)21;/h8-9,11-12H,3-7,10H2,1-2H3,(H2,17,21)(H2,18,19,20);1H. The summed E-state index contributed by atoms with van der Waals surface area (Å²) >= 11 is 0. The molecule has 4 N–H and O–H groups in total. The molecule has 1 aliphatic carbocycles. The molecule has 7 heteroatoms. The van der Waals surface area contributed by atoms with Crippen molar-refractivity contribution in [2.45, 2.75) is 51.6 Å². The van der Waals surface area contributed by atoms with E-state index >= 15 is 0 Å². The molecule has 1 saturated carbocycles. The maximum absolute atomic E-state index is 11.0. The SMILES string of the molecule is CCC1CCC(NC(=NC)NCc2ccc(C(N)=O)o2)CC1.I. The first-order valence-electron chi connectivity index (χ1n) is 7.98. The van der Waals surface area contributed by atoms with Crippen LogP contribution in [0.4, 0.5) is 0 Å². The lowest BCUT2D eigenvalue weighted by atomic mass is 9.84. The van der Waals surface area contributed by atoms with E-state index in [-0.39, 0.29) is 29.7 Å². The van der Waals surface area contributed by atoms with E-state index in [1.54, 1.807) is 19.2 Å². The molecule has 0 unspecified atom stereocenters. The second kappa shape index (κ2) is 9.79. The van der Waals surface area contributed by atoms with Gasteiger partial charge in [0.25, 0.3) is 5.91 Å². The predicted molar refractivity (Wildman–Crippen MR) is 102 cm³/mol. The minimum atomic E-state index is -0.554. The minimum absolute atomic E-state index is 0. The van der Waals surface area contributed by atoms with Gasteiger partial charge in [0.15, 0.2) is 11.7 Å². The van der Waals surface area contributed by atoms with E-state index in [1.165, 1.54) is 32.1 Å². The average Bonchev–Trinajstić information content (AvgIpc) is 3.01. The second-order valence-electron chi connectivity index (χ2n) is 5.83. The monoisotopic (exact) mass is 434 g/mol. The van der Waals surface area contributed by atoms with Crippen LogP contribution in [0.15, 0.2) is 21.5 Å². The van der Waals surface area contributed by atoms with Gasteiger partial charge in [-0.1, -0.05) is 13.3 Å². The zero-order chi connectivity index (χ0) is 15.9. The van der Waals surface area contributed by atoms with Crippen LogP contribution in [0, 0.1) is 5.92 Å². The lowest BCUT2D eigenvalue weighted by Gasteiger charge is -2.29. The summed E-state index contributed by atoms with van der Waals surface area (Å²) in [6, 6.07) is 3.81. The van der Waals surface area contributed by atoms with Crippen molar-refractivity contribution in [3.63, 3.8) is 0 Å². The lowest BCUT2D eigenvalue weighted by molar-refractivity contribution is 0.0972. The van der Waals surface area contributed by atoms with Gasteiger partial charge < -0.3 is 20.8 Å². The first-order valence-corrected chi connectivity index (χ1v) is 7.98. The maximum Gasteiger partial charge on any atom is 0.284 e. The molecular weight excluding hydrogens is 407 g/mol. The molecule has 2 rings (SSSR count). The number of nitrogens with one attached hydrogen (secondary N) is 2. The Labute approximate surface area is 154 Å². The minimum Gasteiger partial charge on any atom is -0.454 e. The molecule has 1 amide bonds. The van der Waals surface area contributed by atoms with Gasteiger partial charge in [0.1, 0.15) is 5.76 Å². The number of amides is 1. The van der Waals surface area contributed by atoms with Crippen molar-refractivity contribution in [1.29, 1.82) is 0 Å². The van der Waals surface area contributed by atoms with Crippen molar-refractivity contribution in [2.24, 2.45) is 16.6 Å². The number of carbonyl (C=O) groups is 1. The Morgan fingerprint density at radius 2 is 2.04 bits per heavy atom. The predicted octanol–water partition coefficient (Wildman–Crippen LogP) is 2.63. The fraction of sp³-hybridized carbons (Fsp3) is 0.625. The third kappa shape index (κ3) is 6.04. The van der Waals surface area contributed by atoms with Gasteiger partial charge >= 0.3 is 0 Å². The first-order chi connectivity index (χ1) is 10.6. The summed E-state index contributed by atoms with van der Waals surface area (Å²) in [5, 5.41) is 6.66. The zero-order valence-electron chi connectivity index (χ0n) is 13.8. The van der Waals surface area contributed by atoms with Gasteiger partial charge in [-0.3, -0.25) is 9.79 Å². The molecule has 0 saturated heterocycles. The highest BCUT2D eigenvalue weighted by Crippen LogP contribution is 2.26. The fourth-order valence-corrected chi connectivity index (χ4v) is 2.88. The number of nitrogens with two attached hydrogens (primary N) is 1. The van der Waals surface area contributed by atoms with E-state index < -0.39 is 5.91 Å². The van der Waals surface area contributed by atoms with Gasteiger partial charge in [-0.15, -0.1) is 24.0 Å². The van der Waals surface area contributed by atoms with Crippen molar-refractivity contribution in [2.75, 3.05) is 7.05 Å². The second-order valence-corrected chi connectivity index (χ2v) is 5.83. The van der Waals surface area contributed by atoms with Crippen LogP contribution in [0.5, 0.6) is 0 Å². The van der Waals surface area contributed by atoms with Crippen LogP contribution < -0.4 is 16.4 Å². The Bertz CT molecular complexity index is 522. The van der Waals surface area contributed by atoms with Crippen LogP contribution in [-0.4, -0.2) is 25.0 Å². The van der Waals surface area contributed by atoms with Crippen molar-refractivity contribution in [3.05, 3.63) is 23.7 Å². The van der Waals surface area contributed by atoms with Gasteiger partial charge in [-0.2, -0.15) is 0 Å². The van der Waals surface area contributed by atoms with Crippen molar-refractivity contribution >= 4 is 35.8 Å². The van der Waals surface area contributed by atoms with Crippen LogP contribution in [0.1, 0.15) is 55.3 Å². The van der Waals surface area contributed by atoms with Gasteiger partial charge in [0, 0.05) is 13.1 Å². The summed E-state index contributed by atoms with van der Waals surface area (Å²) in [5.74, 6) is 1.92. The van der Waals surface area contributed by atoms with Gasteiger partial charge in [-0.05, 0) is 43.7 Å². The molecule has 0 atom stereocenters. The largest absolute Gasteiger partial charge is 0.454 e. The Kier molecular flexibility index (Phi) is 8.43. The molecule has 0 bridgehead atoms. The fourth-order valence-electron chi connectivity index (χ4n) is 2.88. The molecular formula is C16H27IN4O2. The summed E-state index contributed by atoms with van der Waals surface area (Å²) in [7, 11) is 1.75. The quantitative estimate of drug-likeness (QED) is 0.378. The van der Waals surface area contributed by atoms with Crippen molar-refractivity contribution < 1.29 is 9.21 Å². The summed E-state index contributed by atoms with van der Waals surface area (Å²) in [5.41, 5.74) is 5.17. The number of halogens is 1. The molecule has 0 aromatic carbocycles. The zero-order valence-corrected chi connectivity index (χ0v) is 16.1. The molecule has 1 aromatic rings. The number of furan rings is 1. The number of aliphatic imine (C=N–C) groups is 1. The van der Waals surface area contributed by atoms with Crippen molar-refractivity contribution in [3.8, 4) is 0 Å². The van der Waals surface area contributed by atoms with E-state index in [0.717, 1.165) is 11.9 Å². The highest BCUT2D eigenvalue weighted by atomic mass is 127. The summed E-state index contributed by atoms with van der Waals surface area (Å²) in [6.45, 7) is 2.74. The molecule has 1 aliphatic rings. The number of carbonyl (C=O) groups excluding carboxylic acids is 1. The molecule has 1 aromatic heterocycles. The maximum atomic E-state index is 11.0. The van der Waals surface area contributed by atoms with Crippen molar-refractivity contribution in [1.82, 2.24) is 10.6 Å². The molecule has 0 radical (unpaired) electrons. The van der Waals surface area contributed by atoms with Crippen LogP contribution in [0.3, 0.4) is 0 Å². The topological polar surface area (TPSA) is 92.6 Å². The smallest absolute Gasteiger partial charge is 0.284 e. The number of nitrogens with zero attached hydrogens (tertiary/aromatic N) is 1. The normalized spacial score (nSPS) is 21.4. The first kappa shape index (κ1) is 19.8. The molecule has 0 spiro atoms. The van der Waals surface area contributed by atoms with Gasteiger partial charge in [0.05, 0.1) is 6.54 Å². The van der Waals surface area contributed by atoms with E-state index in [0.29, 0.717) is 18.3 Å². The average molecular weight is 434 g/mol. The molecule has 0 aliphatic heterocycles. The van der Waals surface area contributed by atoms with Gasteiger partial charge in [-0.25, -0.2) is 0 Å². The number of rotatable bonds is 5. The Balaban J connectivity index is 0.00000264. The van der Waals surface area contributed by atoms with Crippen LogP contribution in [0.2, 0.25) is 0 Å². The van der Waals surface area contributed by atoms with Crippen LogP contribution in [-0.2, 0) is 6.54 Å². The number of hydrogen-bond donors (Lipinski definition) is 3. The molecule has 6 nitrogen and oxygen atoms in total. The summed E-state index contributed by atoms with van der Waals surface area (Å²) in [4.78, 5) is 15.2. The Morgan fingerprint density at radius 3 is 2.57 bits per heavy atom. The third-order valence-electron chi connectivity index (χ3n) is 4.32. The van der Waals surface area contributed by atoms with E-state index in [9.17, 15) is 4.79 Å².